The van der Waals surface area contributed by atoms with E-state index < -0.39 is 0 Å². The van der Waals surface area contributed by atoms with Crippen molar-refractivity contribution in [2.24, 2.45) is 0 Å². The van der Waals surface area contributed by atoms with Crippen LogP contribution in [0.2, 0.25) is 5.02 Å². The molecule has 2 aromatic carbocycles. The largest absolute Gasteiger partial charge is 0.497 e. The fraction of sp³-hybridized carbons (Fsp3) is 0.348. The topological polar surface area (TPSA) is 59.6 Å². The molecular formula is C23H26ClN3O3. The second-order valence-electron chi connectivity index (χ2n) is 7.32. The highest BCUT2D eigenvalue weighted by molar-refractivity contribution is 6.30. The molecule has 0 aliphatic carbocycles. The van der Waals surface area contributed by atoms with E-state index in [1.54, 1.807) is 7.11 Å². The SMILES string of the molecule is COc1cccc(CN2CCOC(c3cc(CCOc4cccc(Cl)c4)[nH]n3)C2)c1. The molecule has 158 valence electrons. The fourth-order valence-electron chi connectivity index (χ4n) is 3.56. The van der Waals surface area contributed by atoms with Crippen LogP contribution in [0.5, 0.6) is 11.5 Å². The van der Waals surface area contributed by atoms with E-state index in [-0.39, 0.29) is 6.10 Å². The molecule has 0 amide bonds. The van der Waals surface area contributed by atoms with Gasteiger partial charge in [0.15, 0.2) is 0 Å². The van der Waals surface area contributed by atoms with Crippen LogP contribution in [0, 0.1) is 0 Å². The molecule has 1 unspecified atom stereocenters. The van der Waals surface area contributed by atoms with E-state index in [4.69, 9.17) is 25.8 Å². The molecule has 1 atom stereocenters. The average Bonchev–Trinajstić information content (AvgIpc) is 3.23. The number of aromatic nitrogens is 2. The van der Waals surface area contributed by atoms with Crippen molar-refractivity contribution in [1.29, 1.82) is 0 Å². The molecule has 7 heteroatoms. The predicted octanol–water partition coefficient (Wildman–Crippen LogP) is 4.27. The minimum absolute atomic E-state index is 0.0387. The van der Waals surface area contributed by atoms with Gasteiger partial charge in [-0.25, -0.2) is 0 Å². The molecule has 0 saturated carbocycles. The van der Waals surface area contributed by atoms with Gasteiger partial charge in [-0.1, -0.05) is 29.8 Å². The van der Waals surface area contributed by atoms with E-state index in [1.807, 2.05) is 36.4 Å². The number of halogens is 1. The molecule has 1 saturated heterocycles. The van der Waals surface area contributed by atoms with Crippen molar-refractivity contribution >= 4 is 11.6 Å². The zero-order valence-corrected chi connectivity index (χ0v) is 17.8. The summed E-state index contributed by atoms with van der Waals surface area (Å²) in [5, 5.41) is 8.25. The molecule has 0 radical (unpaired) electrons. The smallest absolute Gasteiger partial charge is 0.120 e. The Morgan fingerprint density at radius 2 is 2.03 bits per heavy atom. The van der Waals surface area contributed by atoms with Crippen LogP contribution < -0.4 is 9.47 Å². The summed E-state index contributed by atoms with van der Waals surface area (Å²) in [6.07, 6.45) is 0.697. The molecule has 1 N–H and O–H groups in total. The maximum atomic E-state index is 5.99. The number of ether oxygens (including phenoxy) is 3. The number of rotatable bonds is 8. The lowest BCUT2D eigenvalue weighted by Crippen LogP contribution is -2.37. The van der Waals surface area contributed by atoms with Crippen LogP contribution in [0.25, 0.3) is 0 Å². The monoisotopic (exact) mass is 427 g/mol. The summed E-state index contributed by atoms with van der Waals surface area (Å²) in [5.41, 5.74) is 3.19. The van der Waals surface area contributed by atoms with Crippen molar-refractivity contribution in [3.8, 4) is 11.5 Å². The van der Waals surface area contributed by atoms with E-state index in [1.165, 1.54) is 5.56 Å². The second-order valence-corrected chi connectivity index (χ2v) is 7.76. The standard InChI is InChI=1S/C23H26ClN3O3/c1-28-20-6-2-4-17(12-20)15-27-9-11-30-23(16-27)22-14-19(25-26-22)8-10-29-21-7-3-5-18(24)13-21/h2-7,12-14,23H,8-11,15-16H2,1H3,(H,25,26). The van der Waals surface area contributed by atoms with Gasteiger partial charge in [0.25, 0.3) is 0 Å². The molecule has 3 aromatic rings. The Bertz CT molecular complexity index is 962. The summed E-state index contributed by atoms with van der Waals surface area (Å²) in [5.74, 6) is 1.65. The van der Waals surface area contributed by atoms with Gasteiger partial charge in [0.1, 0.15) is 17.6 Å². The lowest BCUT2D eigenvalue weighted by molar-refractivity contribution is -0.0350. The maximum Gasteiger partial charge on any atom is 0.120 e. The Kier molecular flexibility index (Phi) is 6.89. The van der Waals surface area contributed by atoms with Gasteiger partial charge in [0.2, 0.25) is 0 Å². The van der Waals surface area contributed by atoms with Gasteiger partial charge in [0, 0.05) is 36.8 Å². The zero-order chi connectivity index (χ0) is 20.8. The Labute approximate surface area is 181 Å². The lowest BCUT2D eigenvalue weighted by Gasteiger charge is -2.32. The van der Waals surface area contributed by atoms with Gasteiger partial charge >= 0.3 is 0 Å². The molecule has 4 rings (SSSR count). The molecule has 0 bridgehead atoms. The van der Waals surface area contributed by atoms with E-state index in [0.29, 0.717) is 18.2 Å². The summed E-state index contributed by atoms with van der Waals surface area (Å²) in [7, 11) is 1.69. The van der Waals surface area contributed by atoms with Gasteiger partial charge in [-0.2, -0.15) is 5.10 Å². The molecule has 30 heavy (non-hydrogen) atoms. The van der Waals surface area contributed by atoms with E-state index in [9.17, 15) is 0 Å². The molecule has 1 fully saturated rings. The summed E-state index contributed by atoms with van der Waals surface area (Å²) in [4.78, 5) is 2.39. The summed E-state index contributed by atoms with van der Waals surface area (Å²) >= 11 is 5.99. The quantitative estimate of drug-likeness (QED) is 0.581. The Hall–Kier alpha value is -2.54. The van der Waals surface area contributed by atoms with Crippen molar-refractivity contribution in [1.82, 2.24) is 15.1 Å². The van der Waals surface area contributed by atoms with Gasteiger partial charge < -0.3 is 14.2 Å². The minimum atomic E-state index is -0.0387. The van der Waals surface area contributed by atoms with Crippen LogP contribution in [0.4, 0.5) is 0 Å². The number of methoxy groups -OCH3 is 1. The van der Waals surface area contributed by atoms with Crippen molar-refractivity contribution in [3.05, 3.63) is 76.6 Å². The first kappa shape index (κ1) is 20.7. The molecule has 6 nitrogen and oxygen atoms in total. The van der Waals surface area contributed by atoms with Crippen LogP contribution in [0.3, 0.4) is 0 Å². The zero-order valence-electron chi connectivity index (χ0n) is 17.0. The highest BCUT2D eigenvalue weighted by Gasteiger charge is 2.24. The first-order valence-electron chi connectivity index (χ1n) is 10.1. The van der Waals surface area contributed by atoms with Crippen LogP contribution in [0.15, 0.2) is 54.6 Å². The third-order valence-electron chi connectivity index (χ3n) is 5.11. The molecular weight excluding hydrogens is 402 g/mol. The Balaban J connectivity index is 1.30. The molecule has 0 spiro atoms. The number of hydrogen-bond acceptors (Lipinski definition) is 5. The number of nitrogens with one attached hydrogen (secondary N) is 1. The number of H-pyrrole nitrogens is 1. The van der Waals surface area contributed by atoms with E-state index >= 15 is 0 Å². The first-order valence-corrected chi connectivity index (χ1v) is 10.5. The lowest BCUT2D eigenvalue weighted by atomic mass is 10.1. The highest BCUT2D eigenvalue weighted by Crippen LogP contribution is 2.24. The molecule has 1 aromatic heterocycles. The van der Waals surface area contributed by atoms with Gasteiger partial charge in [0.05, 0.1) is 26.0 Å². The van der Waals surface area contributed by atoms with Gasteiger partial charge in [-0.3, -0.25) is 10.00 Å². The fourth-order valence-corrected chi connectivity index (χ4v) is 3.74. The predicted molar refractivity (Wildman–Crippen MR) is 116 cm³/mol. The minimum Gasteiger partial charge on any atom is -0.497 e. The van der Waals surface area contributed by atoms with Crippen molar-refractivity contribution in [2.45, 2.75) is 19.1 Å². The number of nitrogens with zero attached hydrogens (tertiary/aromatic N) is 2. The van der Waals surface area contributed by atoms with Gasteiger partial charge in [-0.05, 0) is 42.0 Å². The number of aromatic amines is 1. The van der Waals surface area contributed by atoms with Crippen molar-refractivity contribution in [3.63, 3.8) is 0 Å². The van der Waals surface area contributed by atoms with Crippen molar-refractivity contribution in [2.75, 3.05) is 33.4 Å². The first-order chi connectivity index (χ1) is 14.7. The third kappa shape index (κ3) is 5.53. The van der Waals surface area contributed by atoms with Crippen LogP contribution in [-0.2, 0) is 17.7 Å². The summed E-state index contributed by atoms with van der Waals surface area (Å²) < 4.78 is 17.1. The van der Waals surface area contributed by atoms with E-state index in [0.717, 1.165) is 48.9 Å². The maximum absolute atomic E-state index is 5.99. The highest BCUT2D eigenvalue weighted by atomic mass is 35.5. The average molecular weight is 428 g/mol. The van der Waals surface area contributed by atoms with Gasteiger partial charge in [-0.15, -0.1) is 0 Å². The van der Waals surface area contributed by atoms with Crippen LogP contribution in [-0.4, -0.2) is 48.5 Å². The third-order valence-corrected chi connectivity index (χ3v) is 5.34. The number of morpholine rings is 1. The van der Waals surface area contributed by atoms with Crippen LogP contribution in [0.1, 0.15) is 23.1 Å². The Morgan fingerprint density at radius 3 is 2.90 bits per heavy atom. The molecule has 1 aliphatic rings. The van der Waals surface area contributed by atoms with Crippen molar-refractivity contribution < 1.29 is 14.2 Å². The summed E-state index contributed by atoms with van der Waals surface area (Å²) in [6.45, 7) is 3.81. The number of hydrogen-bond donors (Lipinski definition) is 1. The Morgan fingerprint density at radius 1 is 1.17 bits per heavy atom. The normalized spacial score (nSPS) is 17.1. The second kappa shape index (κ2) is 9.98. The molecule has 1 aliphatic heterocycles. The van der Waals surface area contributed by atoms with Crippen LogP contribution >= 0.6 is 11.6 Å². The molecule has 2 heterocycles. The number of benzene rings is 2. The van der Waals surface area contributed by atoms with E-state index in [2.05, 4.69) is 33.3 Å². The summed E-state index contributed by atoms with van der Waals surface area (Å²) in [6, 6.07) is 17.7.